The molecule has 0 radical (unpaired) electrons. The molecule has 0 aliphatic carbocycles. The van der Waals surface area contributed by atoms with Gasteiger partial charge in [-0.05, 0) is 63.2 Å². The van der Waals surface area contributed by atoms with Crippen LogP contribution in [0, 0.1) is 10.1 Å². The van der Waals surface area contributed by atoms with Gasteiger partial charge in [-0.25, -0.2) is 9.78 Å². The molecule has 2 heterocycles. The molecule has 5 rings (SSSR count). The van der Waals surface area contributed by atoms with Crippen molar-refractivity contribution in [3.05, 3.63) is 91.7 Å². The Balaban J connectivity index is 1.64. The number of fused-ring (bicyclic) bond motifs is 2. The molecule has 13 heteroatoms. The van der Waals surface area contributed by atoms with Crippen molar-refractivity contribution >= 4 is 51.3 Å². The number of carbonyl (C=O) groups excluding carboxylic acids is 1. The molecule has 0 spiro atoms. The van der Waals surface area contributed by atoms with Crippen LogP contribution in [0.3, 0.4) is 0 Å². The zero-order chi connectivity index (χ0) is 30.7. The number of aromatic nitrogens is 2. The normalized spacial score (nSPS) is 12.1. The van der Waals surface area contributed by atoms with Crippen LogP contribution < -0.4 is 15.0 Å². The van der Waals surface area contributed by atoms with Crippen molar-refractivity contribution in [3.63, 3.8) is 0 Å². The second-order valence-corrected chi connectivity index (χ2v) is 9.61. The fourth-order valence-corrected chi connectivity index (χ4v) is 4.50. The van der Waals surface area contributed by atoms with Crippen molar-refractivity contribution in [2.45, 2.75) is 26.9 Å². The monoisotopic (exact) mass is 604 g/mol. The number of hydrogen-bond acceptors (Lipinski definition) is 10. The molecule has 0 aliphatic heterocycles. The van der Waals surface area contributed by atoms with Crippen LogP contribution in [0.15, 0.2) is 75.0 Å². The number of nitrogens with zero attached hydrogens (tertiary/aromatic N) is 4. The standard InChI is InChI=1S/C30H25ClN4O8/c1-4-40-25-13-18(12-23(35(38)39)27(25)42-17(3)30(37)41-5-2)16-32-34-28(33-22-9-7-6-8-21(22)29(34)36)26-15-19-14-20(31)10-11-24(19)43-26/h6-17H,4-5H2,1-3H3/t17-/m1/s1. The molecule has 0 fully saturated rings. The molecule has 0 saturated heterocycles. The third-order valence-corrected chi connectivity index (χ3v) is 6.48. The number of para-hydroxylation sites is 1. The summed E-state index contributed by atoms with van der Waals surface area (Å²) in [5.74, 6) is -0.554. The predicted molar refractivity (Wildman–Crippen MR) is 160 cm³/mol. The summed E-state index contributed by atoms with van der Waals surface area (Å²) < 4.78 is 23.2. The first-order valence-corrected chi connectivity index (χ1v) is 13.6. The maximum absolute atomic E-state index is 13.6. The van der Waals surface area contributed by atoms with Crippen LogP contribution in [0.1, 0.15) is 26.3 Å². The van der Waals surface area contributed by atoms with E-state index >= 15 is 0 Å². The molecule has 0 aliphatic rings. The first-order chi connectivity index (χ1) is 20.7. The molecule has 0 N–H and O–H groups in total. The minimum absolute atomic E-state index is 0.00710. The van der Waals surface area contributed by atoms with Crippen LogP contribution in [-0.2, 0) is 9.53 Å². The van der Waals surface area contributed by atoms with E-state index in [0.717, 1.165) is 4.68 Å². The molecule has 0 bridgehead atoms. The van der Waals surface area contributed by atoms with E-state index in [1.54, 1.807) is 62.4 Å². The van der Waals surface area contributed by atoms with Crippen molar-refractivity contribution in [2.24, 2.45) is 5.10 Å². The van der Waals surface area contributed by atoms with E-state index in [1.807, 2.05) is 0 Å². The van der Waals surface area contributed by atoms with Crippen LogP contribution in [0.5, 0.6) is 11.5 Å². The first-order valence-electron chi connectivity index (χ1n) is 13.2. The number of rotatable bonds is 10. The summed E-state index contributed by atoms with van der Waals surface area (Å²) in [5, 5.41) is 17.9. The number of benzene rings is 3. The van der Waals surface area contributed by atoms with E-state index in [2.05, 4.69) is 10.1 Å². The molecule has 2 aromatic heterocycles. The van der Waals surface area contributed by atoms with Crippen molar-refractivity contribution in [3.8, 4) is 23.1 Å². The molecule has 1 atom stereocenters. The maximum atomic E-state index is 13.6. The summed E-state index contributed by atoms with van der Waals surface area (Å²) in [5.41, 5.74) is 0.217. The summed E-state index contributed by atoms with van der Waals surface area (Å²) in [7, 11) is 0. The van der Waals surface area contributed by atoms with Gasteiger partial charge in [0.2, 0.25) is 11.6 Å². The van der Waals surface area contributed by atoms with E-state index in [9.17, 15) is 19.7 Å². The fraction of sp³-hybridized carbons (Fsp3) is 0.200. The number of ether oxygens (including phenoxy) is 3. The molecule has 0 amide bonds. The molecule has 0 unspecified atom stereocenters. The number of nitro groups is 1. The quantitative estimate of drug-likeness (QED) is 0.0811. The van der Waals surface area contributed by atoms with E-state index in [0.29, 0.717) is 26.9 Å². The van der Waals surface area contributed by atoms with Gasteiger partial charge >= 0.3 is 11.7 Å². The summed E-state index contributed by atoms with van der Waals surface area (Å²) in [6.07, 6.45) is 0.121. The topological polar surface area (TPSA) is 148 Å². The average molecular weight is 605 g/mol. The third-order valence-electron chi connectivity index (χ3n) is 6.24. The van der Waals surface area contributed by atoms with Gasteiger partial charge in [0.25, 0.3) is 5.56 Å². The van der Waals surface area contributed by atoms with Crippen molar-refractivity contribution in [1.82, 2.24) is 9.66 Å². The SMILES string of the molecule is CCOC(=O)[C@@H](C)Oc1c(OCC)cc(C=Nn2c(-c3cc4cc(Cl)ccc4o3)nc3ccccc3c2=O)cc1[N+](=O)[O-]. The summed E-state index contributed by atoms with van der Waals surface area (Å²) in [4.78, 5) is 41.8. The second-order valence-electron chi connectivity index (χ2n) is 9.18. The Morgan fingerprint density at radius 1 is 1.16 bits per heavy atom. The average Bonchev–Trinajstić information content (AvgIpc) is 3.40. The Labute approximate surface area is 249 Å². The Morgan fingerprint density at radius 2 is 1.95 bits per heavy atom. The van der Waals surface area contributed by atoms with Gasteiger partial charge in [-0.15, -0.1) is 0 Å². The van der Waals surface area contributed by atoms with Gasteiger partial charge in [0.1, 0.15) is 5.58 Å². The molecular weight excluding hydrogens is 580 g/mol. The summed E-state index contributed by atoms with van der Waals surface area (Å²) in [6.45, 7) is 5.02. The highest BCUT2D eigenvalue weighted by molar-refractivity contribution is 6.31. The van der Waals surface area contributed by atoms with Crippen molar-refractivity contribution < 1.29 is 28.3 Å². The number of furan rings is 1. The van der Waals surface area contributed by atoms with Crippen LogP contribution in [-0.4, -0.2) is 46.1 Å². The largest absolute Gasteiger partial charge is 0.490 e. The molecule has 43 heavy (non-hydrogen) atoms. The van der Waals surface area contributed by atoms with Crippen LogP contribution >= 0.6 is 11.6 Å². The lowest BCUT2D eigenvalue weighted by molar-refractivity contribution is -0.386. The Bertz CT molecular complexity index is 1950. The van der Waals surface area contributed by atoms with Crippen molar-refractivity contribution in [1.29, 1.82) is 0 Å². The molecule has 220 valence electrons. The number of hydrogen-bond donors (Lipinski definition) is 0. The number of nitro benzene ring substituents is 1. The van der Waals surface area contributed by atoms with Gasteiger partial charge in [-0.3, -0.25) is 14.9 Å². The fourth-order valence-electron chi connectivity index (χ4n) is 4.32. The number of carbonyl (C=O) groups is 1. The lowest BCUT2D eigenvalue weighted by atomic mass is 10.1. The minimum atomic E-state index is -1.14. The number of halogens is 1. The van der Waals surface area contributed by atoms with Crippen LogP contribution in [0.4, 0.5) is 5.69 Å². The van der Waals surface area contributed by atoms with E-state index < -0.39 is 28.2 Å². The van der Waals surface area contributed by atoms with Crippen molar-refractivity contribution in [2.75, 3.05) is 13.2 Å². The van der Waals surface area contributed by atoms with Crippen LogP contribution in [0.25, 0.3) is 33.5 Å². The Hall–Kier alpha value is -5.23. The first kappa shape index (κ1) is 29.3. The Kier molecular flexibility index (Phi) is 8.39. The van der Waals surface area contributed by atoms with Crippen LogP contribution in [0.2, 0.25) is 5.02 Å². The molecule has 3 aromatic carbocycles. The van der Waals surface area contributed by atoms with E-state index in [4.69, 9.17) is 30.2 Å². The highest BCUT2D eigenvalue weighted by Gasteiger charge is 2.27. The number of esters is 1. The van der Waals surface area contributed by atoms with Gasteiger partial charge in [0.05, 0.1) is 35.3 Å². The van der Waals surface area contributed by atoms with Gasteiger partial charge in [-0.2, -0.15) is 9.78 Å². The lowest BCUT2D eigenvalue weighted by Crippen LogP contribution is -2.26. The molecular formula is C30H25ClN4O8. The lowest BCUT2D eigenvalue weighted by Gasteiger charge is -2.17. The van der Waals surface area contributed by atoms with Gasteiger partial charge in [0.15, 0.2) is 17.6 Å². The zero-order valence-electron chi connectivity index (χ0n) is 23.3. The minimum Gasteiger partial charge on any atom is -0.490 e. The predicted octanol–water partition coefficient (Wildman–Crippen LogP) is 5.98. The van der Waals surface area contributed by atoms with Gasteiger partial charge in [-0.1, -0.05) is 23.7 Å². The molecule has 12 nitrogen and oxygen atoms in total. The summed E-state index contributed by atoms with van der Waals surface area (Å²) >= 11 is 6.14. The summed E-state index contributed by atoms with van der Waals surface area (Å²) in [6, 6.07) is 16.2. The van der Waals surface area contributed by atoms with E-state index in [1.165, 1.54) is 25.3 Å². The molecule has 0 saturated carbocycles. The second kappa shape index (κ2) is 12.3. The highest BCUT2D eigenvalue weighted by Crippen LogP contribution is 2.39. The smallest absolute Gasteiger partial charge is 0.347 e. The van der Waals surface area contributed by atoms with Gasteiger partial charge in [0, 0.05) is 22.0 Å². The Morgan fingerprint density at radius 3 is 2.70 bits per heavy atom. The zero-order valence-corrected chi connectivity index (χ0v) is 24.0. The van der Waals surface area contributed by atoms with Gasteiger partial charge < -0.3 is 18.6 Å². The third kappa shape index (κ3) is 6.04. The molecule has 5 aromatic rings. The van der Waals surface area contributed by atoms with E-state index in [-0.39, 0.29) is 41.9 Å². The maximum Gasteiger partial charge on any atom is 0.347 e. The highest BCUT2D eigenvalue weighted by atomic mass is 35.5.